The van der Waals surface area contributed by atoms with Gasteiger partial charge in [0.15, 0.2) is 0 Å². The second-order valence-corrected chi connectivity index (χ2v) is 5.49. The lowest BCUT2D eigenvalue weighted by molar-refractivity contribution is 1.14. The van der Waals surface area contributed by atoms with Crippen LogP contribution in [0.4, 0.5) is 0 Å². The van der Waals surface area contributed by atoms with E-state index in [0.717, 1.165) is 11.3 Å². The molecule has 0 saturated carbocycles. The highest BCUT2D eigenvalue weighted by atomic mass is 33.1. The average Bonchev–Trinajstić information content (AvgIpc) is 2.65. The van der Waals surface area contributed by atoms with E-state index in [1.165, 1.54) is 16.0 Å². The van der Waals surface area contributed by atoms with E-state index in [1.54, 1.807) is 21.6 Å². The zero-order valence-corrected chi connectivity index (χ0v) is 9.75. The minimum Gasteiger partial charge on any atom is -0.0844 e. The van der Waals surface area contributed by atoms with E-state index in [0.29, 0.717) is 0 Å². The van der Waals surface area contributed by atoms with Crippen molar-refractivity contribution in [3.63, 3.8) is 0 Å². The first-order chi connectivity index (χ1) is 6.79. The van der Waals surface area contributed by atoms with Gasteiger partial charge in [0.25, 0.3) is 0 Å². The summed E-state index contributed by atoms with van der Waals surface area (Å²) >= 11 is 0. The summed E-state index contributed by atoms with van der Waals surface area (Å²) in [6.45, 7) is 6.11. The maximum atomic E-state index is 3.93. The number of hydrogen-bond donors (Lipinski definition) is 0. The predicted molar refractivity (Wildman–Crippen MR) is 68.1 cm³/mol. The highest BCUT2D eigenvalue weighted by Gasteiger charge is 2.10. The number of aryl methyl sites for hydroxylation is 1. The van der Waals surface area contributed by atoms with Crippen molar-refractivity contribution >= 4 is 26.5 Å². The molecule has 0 nitrogen and oxygen atoms in total. The van der Waals surface area contributed by atoms with Crippen LogP contribution in [0.2, 0.25) is 0 Å². The molecule has 2 heteroatoms. The van der Waals surface area contributed by atoms with Crippen molar-refractivity contribution < 1.29 is 0 Å². The summed E-state index contributed by atoms with van der Waals surface area (Å²) in [6, 6.07) is 8.78. The Balaban J connectivity index is 2.25. The molecule has 0 radical (unpaired) electrons. The fourth-order valence-electron chi connectivity index (χ4n) is 1.33. The Morgan fingerprint density at radius 1 is 1.14 bits per heavy atom. The van der Waals surface area contributed by atoms with Crippen LogP contribution in [0.3, 0.4) is 0 Å². The highest BCUT2D eigenvalue weighted by Crippen LogP contribution is 2.48. The molecule has 2 rings (SSSR count). The molecule has 1 aromatic carbocycles. The Hall–Kier alpha value is -0.600. The molecular weight excluding hydrogens is 208 g/mol. The van der Waals surface area contributed by atoms with Gasteiger partial charge in [-0.25, -0.2) is 0 Å². The van der Waals surface area contributed by atoms with Crippen molar-refractivity contribution in [3.05, 3.63) is 53.0 Å². The third kappa shape index (κ3) is 2.07. The number of hydrogen-bond acceptors (Lipinski definition) is 2. The minimum atomic E-state index is 1.11. The maximum absolute atomic E-state index is 3.93. The molecule has 0 aliphatic carbocycles. The Bertz CT molecular complexity index is 374. The van der Waals surface area contributed by atoms with Crippen LogP contribution in [0, 0.1) is 0 Å². The van der Waals surface area contributed by atoms with Crippen molar-refractivity contribution in [2.24, 2.45) is 0 Å². The van der Waals surface area contributed by atoms with Crippen LogP contribution < -0.4 is 0 Å². The molecule has 0 spiro atoms. The molecule has 0 N–H and O–H groups in total. The summed E-state index contributed by atoms with van der Waals surface area (Å²) < 4.78 is 0. The Morgan fingerprint density at radius 2 is 1.86 bits per heavy atom. The Morgan fingerprint density at radius 3 is 2.36 bits per heavy atom. The summed E-state index contributed by atoms with van der Waals surface area (Å²) in [5, 5.41) is 0. The first-order valence-corrected chi connectivity index (χ1v) is 6.79. The van der Waals surface area contributed by atoms with Gasteiger partial charge in [0.2, 0.25) is 0 Å². The SMILES string of the molecule is C=C1C=C(c2ccc(CC)cc2)SS1. The molecule has 0 saturated heterocycles. The van der Waals surface area contributed by atoms with Crippen LogP contribution in [0.15, 0.2) is 41.8 Å². The van der Waals surface area contributed by atoms with Crippen molar-refractivity contribution in [3.8, 4) is 0 Å². The molecule has 1 aromatic rings. The van der Waals surface area contributed by atoms with Gasteiger partial charge in [-0.05, 0) is 23.6 Å². The fraction of sp³-hybridized carbons (Fsp3) is 0.167. The number of benzene rings is 1. The quantitative estimate of drug-likeness (QED) is 0.673. The largest absolute Gasteiger partial charge is 0.0844 e. The lowest BCUT2D eigenvalue weighted by atomic mass is 10.1. The molecule has 0 amide bonds. The molecule has 1 heterocycles. The van der Waals surface area contributed by atoms with Crippen molar-refractivity contribution in [2.75, 3.05) is 0 Å². The van der Waals surface area contributed by atoms with Gasteiger partial charge in [0.1, 0.15) is 0 Å². The lowest BCUT2D eigenvalue weighted by Gasteiger charge is -2.01. The van der Waals surface area contributed by atoms with E-state index in [9.17, 15) is 0 Å². The second kappa shape index (κ2) is 4.28. The van der Waals surface area contributed by atoms with Gasteiger partial charge < -0.3 is 0 Å². The molecule has 0 unspecified atom stereocenters. The van der Waals surface area contributed by atoms with E-state index in [4.69, 9.17) is 0 Å². The number of rotatable bonds is 2. The third-order valence-corrected chi connectivity index (χ3v) is 4.56. The molecule has 72 valence electrons. The van der Waals surface area contributed by atoms with Crippen LogP contribution in [0.5, 0.6) is 0 Å². The molecule has 0 aromatic heterocycles. The highest BCUT2D eigenvalue weighted by molar-refractivity contribution is 8.82. The molecule has 0 fully saturated rings. The zero-order chi connectivity index (χ0) is 9.97. The predicted octanol–water partition coefficient (Wildman–Crippen LogP) is 4.50. The summed E-state index contributed by atoms with van der Waals surface area (Å²) in [6.07, 6.45) is 3.25. The van der Waals surface area contributed by atoms with Crippen LogP contribution in [-0.2, 0) is 6.42 Å². The first-order valence-electron chi connectivity index (χ1n) is 4.64. The van der Waals surface area contributed by atoms with E-state index in [1.807, 2.05) is 0 Å². The Labute approximate surface area is 92.9 Å². The van der Waals surface area contributed by atoms with Gasteiger partial charge in [0, 0.05) is 9.81 Å². The van der Waals surface area contributed by atoms with E-state index in [-0.39, 0.29) is 0 Å². The van der Waals surface area contributed by atoms with Crippen molar-refractivity contribution in [1.29, 1.82) is 0 Å². The summed E-state index contributed by atoms with van der Waals surface area (Å²) in [5.41, 5.74) is 2.70. The normalized spacial score (nSPS) is 15.8. The number of allylic oxidation sites excluding steroid dienone is 1. The van der Waals surface area contributed by atoms with Gasteiger partial charge in [-0.15, -0.1) is 0 Å². The molecule has 0 atom stereocenters. The van der Waals surface area contributed by atoms with Gasteiger partial charge in [-0.2, -0.15) is 0 Å². The van der Waals surface area contributed by atoms with Crippen LogP contribution in [-0.4, -0.2) is 0 Å². The second-order valence-electron chi connectivity index (χ2n) is 3.19. The third-order valence-electron chi connectivity index (χ3n) is 2.18. The van der Waals surface area contributed by atoms with Crippen molar-refractivity contribution in [1.82, 2.24) is 0 Å². The topological polar surface area (TPSA) is 0 Å². The monoisotopic (exact) mass is 220 g/mol. The Kier molecular flexibility index (Phi) is 3.04. The fourth-order valence-corrected chi connectivity index (χ4v) is 3.36. The van der Waals surface area contributed by atoms with E-state index in [2.05, 4.69) is 43.8 Å². The summed E-state index contributed by atoms with van der Waals surface area (Å²) in [7, 11) is 3.54. The van der Waals surface area contributed by atoms with Crippen LogP contribution in [0.1, 0.15) is 18.1 Å². The summed E-state index contributed by atoms with van der Waals surface area (Å²) in [5.74, 6) is 0. The lowest BCUT2D eigenvalue weighted by Crippen LogP contribution is -1.81. The first kappa shape index (κ1) is 9.94. The average molecular weight is 220 g/mol. The van der Waals surface area contributed by atoms with Gasteiger partial charge >= 0.3 is 0 Å². The summed E-state index contributed by atoms with van der Waals surface area (Å²) in [4.78, 5) is 2.47. The van der Waals surface area contributed by atoms with Gasteiger partial charge in [0.05, 0.1) is 0 Å². The zero-order valence-electron chi connectivity index (χ0n) is 8.12. The van der Waals surface area contributed by atoms with Gasteiger partial charge in [-0.3, -0.25) is 0 Å². The molecular formula is C12H12S2. The maximum Gasteiger partial charge on any atom is 0.0269 e. The molecule has 1 aliphatic heterocycles. The minimum absolute atomic E-state index is 1.11. The van der Waals surface area contributed by atoms with Gasteiger partial charge in [-0.1, -0.05) is 59.4 Å². The van der Waals surface area contributed by atoms with E-state index >= 15 is 0 Å². The van der Waals surface area contributed by atoms with Crippen LogP contribution >= 0.6 is 21.6 Å². The molecule has 1 aliphatic rings. The molecule has 0 bridgehead atoms. The molecule has 14 heavy (non-hydrogen) atoms. The van der Waals surface area contributed by atoms with Crippen LogP contribution in [0.25, 0.3) is 4.91 Å². The van der Waals surface area contributed by atoms with Crippen molar-refractivity contribution in [2.45, 2.75) is 13.3 Å². The standard InChI is InChI=1S/C12H12S2/c1-3-10-4-6-11(7-5-10)12-8-9(2)13-14-12/h4-8H,2-3H2,1H3. The smallest absolute Gasteiger partial charge is 0.0269 e. The van der Waals surface area contributed by atoms with E-state index < -0.39 is 0 Å².